The molecule has 0 aliphatic rings. The van der Waals surface area contributed by atoms with Crippen molar-refractivity contribution in [2.24, 2.45) is 0 Å². The third-order valence-corrected chi connectivity index (χ3v) is 2.90. The van der Waals surface area contributed by atoms with E-state index >= 15 is 0 Å². The molecule has 1 aromatic rings. The fraction of sp³-hybridized carbons (Fsp3) is 0.545. The van der Waals surface area contributed by atoms with Crippen molar-refractivity contribution in [1.29, 1.82) is 0 Å². The van der Waals surface area contributed by atoms with Crippen molar-refractivity contribution in [1.82, 2.24) is 10.6 Å². The Morgan fingerprint density at radius 3 is 3.00 bits per heavy atom. The number of nitrogens with one attached hydrogen (secondary N) is 2. The Balaban J connectivity index is 2.26. The summed E-state index contributed by atoms with van der Waals surface area (Å²) in [6.07, 6.45) is 0.544. The number of hydrogen-bond donors (Lipinski definition) is 2. The number of rotatable bonds is 6. The molecule has 15 heavy (non-hydrogen) atoms. The molecule has 1 amide bonds. The predicted octanol–water partition coefficient (Wildman–Crippen LogP) is 1.92. The molecule has 1 heterocycles. The van der Waals surface area contributed by atoms with Crippen molar-refractivity contribution in [3.05, 3.63) is 22.4 Å². The van der Waals surface area contributed by atoms with Crippen LogP contribution in [0, 0.1) is 0 Å². The molecule has 0 aromatic carbocycles. The van der Waals surface area contributed by atoms with E-state index in [2.05, 4.69) is 16.0 Å². The third-order valence-electron chi connectivity index (χ3n) is 2.20. The topological polar surface area (TPSA) is 41.1 Å². The van der Waals surface area contributed by atoms with Gasteiger partial charge in [0.05, 0.1) is 6.04 Å². The lowest BCUT2D eigenvalue weighted by Crippen LogP contribution is -2.29. The number of carbonyl (C=O) groups is 1. The minimum Gasteiger partial charge on any atom is -0.350 e. The van der Waals surface area contributed by atoms with Crippen LogP contribution in [-0.2, 0) is 4.79 Å². The van der Waals surface area contributed by atoms with Gasteiger partial charge in [-0.05, 0) is 35.9 Å². The van der Waals surface area contributed by atoms with E-state index in [-0.39, 0.29) is 11.9 Å². The minimum absolute atomic E-state index is 0.106. The molecule has 0 saturated carbocycles. The van der Waals surface area contributed by atoms with Gasteiger partial charge in [0, 0.05) is 13.0 Å². The summed E-state index contributed by atoms with van der Waals surface area (Å²) in [6.45, 7) is 5.70. The Morgan fingerprint density at radius 1 is 1.60 bits per heavy atom. The molecule has 0 fully saturated rings. The van der Waals surface area contributed by atoms with Crippen LogP contribution in [0.25, 0.3) is 0 Å². The van der Waals surface area contributed by atoms with Gasteiger partial charge < -0.3 is 10.6 Å². The van der Waals surface area contributed by atoms with Gasteiger partial charge in [-0.1, -0.05) is 6.92 Å². The first kappa shape index (κ1) is 12.2. The number of carbonyl (C=O) groups excluding carboxylic acids is 1. The number of thiophene rings is 1. The monoisotopic (exact) mass is 226 g/mol. The standard InChI is InChI=1S/C11H18N2OS/c1-3-12-6-4-11(14)13-9(2)10-5-7-15-8-10/h5,7-9,12H,3-4,6H2,1-2H3,(H,13,14). The second-order valence-electron chi connectivity index (χ2n) is 3.45. The highest BCUT2D eigenvalue weighted by Gasteiger charge is 2.08. The Hall–Kier alpha value is -0.870. The van der Waals surface area contributed by atoms with Gasteiger partial charge in [0.25, 0.3) is 0 Å². The smallest absolute Gasteiger partial charge is 0.221 e. The summed E-state index contributed by atoms with van der Waals surface area (Å²) in [5.41, 5.74) is 1.18. The van der Waals surface area contributed by atoms with Crippen molar-refractivity contribution in [3.63, 3.8) is 0 Å². The van der Waals surface area contributed by atoms with Crippen LogP contribution in [0.4, 0.5) is 0 Å². The van der Waals surface area contributed by atoms with Crippen LogP contribution in [0.1, 0.15) is 31.9 Å². The molecule has 84 valence electrons. The molecule has 2 N–H and O–H groups in total. The minimum atomic E-state index is 0.106. The summed E-state index contributed by atoms with van der Waals surface area (Å²) >= 11 is 1.65. The zero-order valence-corrected chi connectivity index (χ0v) is 10.1. The fourth-order valence-corrected chi connectivity index (χ4v) is 2.05. The highest BCUT2D eigenvalue weighted by Crippen LogP contribution is 2.15. The van der Waals surface area contributed by atoms with Gasteiger partial charge in [-0.2, -0.15) is 11.3 Å². The molecule has 0 aliphatic carbocycles. The summed E-state index contributed by atoms with van der Waals surface area (Å²) in [7, 11) is 0. The van der Waals surface area contributed by atoms with E-state index in [1.54, 1.807) is 11.3 Å². The molecule has 0 saturated heterocycles. The molecule has 0 bridgehead atoms. The molecule has 4 heteroatoms. The number of amides is 1. The molecule has 3 nitrogen and oxygen atoms in total. The summed E-state index contributed by atoms with van der Waals surface area (Å²) in [5, 5.41) is 10.2. The van der Waals surface area contributed by atoms with Gasteiger partial charge in [0.15, 0.2) is 0 Å². The van der Waals surface area contributed by atoms with Crippen LogP contribution in [0.15, 0.2) is 16.8 Å². The molecular weight excluding hydrogens is 208 g/mol. The highest BCUT2D eigenvalue weighted by molar-refractivity contribution is 7.07. The molecule has 0 aliphatic heterocycles. The Bertz CT molecular complexity index is 285. The molecule has 1 aromatic heterocycles. The Kier molecular flexibility index (Phi) is 5.36. The van der Waals surface area contributed by atoms with Crippen molar-refractivity contribution in [2.75, 3.05) is 13.1 Å². The first-order chi connectivity index (χ1) is 7.24. The maximum absolute atomic E-state index is 11.5. The van der Waals surface area contributed by atoms with Crippen LogP contribution in [-0.4, -0.2) is 19.0 Å². The zero-order chi connectivity index (χ0) is 11.1. The first-order valence-corrected chi connectivity index (χ1v) is 6.20. The largest absolute Gasteiger partial charge is 0.350 e. The molecule has 0 radical (unpaired) electrons. The SMILES string of the molecule is CCNCCC(=O)NC(C)c1ccsc1. The van der Waals surface area contributed by atoms with Crippen molar-refractivity contribution in [2.45, 2.75) is 26.3 Å². The van der Waals surface area contributed by atoms with E-state index in [0.29, 0.717) is 6.42 Å². The third kappa shape index (κ3) is 4.44. The van der Waals surface area contributed by atoms with E-state index < -0.39 is 0 Å². The summed E-state index contributed by atoms with van der Waals surface area (Å²) in [5.74, 6) is 0.106. The molecule has 0 spiro atoms. The maximum Gasteiger partial charge on any atom is 0.221 e. The lowest BCUT2D eigenvalue weighted by atomic mass is 10.2. The van der Waals surface area contributed by atoms with E-state index in [4.69, 9.17) is 0 Å². The van der Waals surface area contributed by atoms with Gasteiger partial charge in [0.2, 0.25) is 5.91 Å². The molecule has 1 rings (SSSR count). The fourth-order valence-electron chi connectivity index (χ4n) is 1.30. The molecular formula is C11H18N2OS. The van der Waals surface area contributed by atoms with E-state index in [1.165, 1.54) is 5.56 Å². The van der Waals surface area contributed by atoms with Crippen molar-refractivity contribution < 1.29 is 4.79 Å². The van der Waals surface area contributed by atoms with Gasteiger partial charge >= 0.3 is 0 Å². The summed E-state index contributed by atoms with van der Waals surface area (Å²) in [4.78, 5) is 11.5. The highest BCUT2D eigenvalue weighted by atomic mass is 32.1. The summed E-state index contributed by atoms with van der Waals surface area (Å²) < 4.78 is 0. The molecule has 1 atom stereocenters. The average Bonchev–Trinajstić information content (AvgIpc) is 2.70. The normalized spacial score (nSPS) is 12.4. The lowest BCUT2D eigenvalue weighted by molar-refractivity contribution is -0.121. The van der Waals surface area contributed by atoms with Crippen molar-refractivity contribution in [3.8, 4) is 0 Å². The van der Waals surface area contributed by atoms with E-state index in [0.717, 1.165) is 13.1 Å². The van der Waals surface area contributed by atoms with Gasteiger partial charge in [0.1, 0.15) is 0 Å². The van der Waals surface area contributed by atoms with Crippen LogP contribution in [0.2, 0.25) is 0 Å². The average molecular weight is 226 g/mol. The van der Waals surface area contributed by atoms with E-state index in [9.17, 15) is 4.79 Å². The van der Waals surface area contributed by atoms with Crippen LogP contribution in [0.5, 0.6) is 0 Å². The number of hydrogen-bond acceptors (Lipinski definition) is 3. The lowest BCUT2D eigenvalue weighted by Gasteiger charge is -2.12. The molecule has 1 unspecified atom stereocenters. The quantitative estimate of drug-likeness (QED) is 0.728. The second kappa shape index (κ2) is 6.58. The first-order valence-electron chi connectivity index (χ1n) is 5.26. The van der Waals surface area contributed by atoms with Crippen LogP contribution < -0.4 is 10.6 Å². The van der Waals surface area contributed by atoms with Crippen LogP contribution >= 0.6 is 11.3 Å². The summed E-state index contributed by atoms with van der Waals surface area (Å²) in [6, 6.07) is 2.16. The zero-order valence-electron chi connectivity index (χ0n) is 9.25. The van der Waals surface area contributed by atoms with Gasteiger partial charge in [-0.15, -0.1) is 0 Å². The van der Waals surface area contributed by atoms with Crippen molar-refractivity contribution >= 4 is 17.2 Å². The Morgan fingerprint density at radius 2 is 2.40 bits per heavy atom. The maximum atomic E-state index is 11.5. The van der Waals surface area contributed by atoms with Gasteiger partial charge in [-0.3, -0.25) is 4.79 Å². The van der Waals surface area contributed by atoms with E-state index in [1.807, 2.05) is 25.3 Å². The predicted molar refractivity (Wildman–Crippen MR) is 64.0 cm³/mol. The Labute approximate surface area is 94.9 Å². The van der Waals surface area contributed by atoms with Gasteiger partial charge in [-0.25, -0.2) is 0 Å². The van der Waals surface area contributed by atoms with Crippen LogP contribution in [0.3, 0.4) is 0 Å². The second-order valence-corrected chi connectivity index (χ2v) is 4.23.